The van der Waals surface area contributed by atoms with E-state index in [-0.39, 0.29) is 17.2 Å². The summed E-state index contributed by atoms with van der Waals surface area (Å²) in [5.41, 5.74) is 5.31. The molecule has 31 heavy (non-hydrogen) atoms. The first kappa shape index (κ1) is 22.0. The van der Waals surface area contributed by atoms with Crippen molar-refractivity contribution < 1.29 is 32.7 Å². The van der Waals surface area contributed by atoms with E-state index in [2.05, 4.69) is 5.32 Å². The Labute approximate surface area is 179 Å². The van der Waals surface area contributed by atoms with Crippen molar-refractivity contribution in [3.8, 4) is 5.75 Å². The molecular formula is C20H15F2N3O5S. The SMILES string of the molecule is NC(=O)COc1ccc(/C=C2\SC(=O)N(CC(=O)Nc3ccc(F)cc3F)C2=O)cc1. The molecule has 0 atom stereocenters. The number of hydrogen-bond donors (Lipinski definition) is 2. The number of primary amides is 1. The van der Waals surface area contributed by atoms with Crippen molar-refractivity contribution >= 4 is 46.5 Å². The third-order valence-electron chi connectivity index (χ3n) is 3.94. The molecule has 3 rings (SSSR count). The standard InChI is InChI=1S/C20H15F2N3O5S/c21-12-3-6-15(14(22)8-12)24-18(27)9-25-19(28)16(31-20(25)29)7-11-1-4-13(5-2-11)30-10-17(23)26/h1-8H,9-10H2,(H2,23,26)(H,24,27)/b16-7-. The van der Waals surface area contributed by atoms with Crippen molar-refractivity contribution in [1.82, 2.24) is 4.90 Å². The minimum atomic E-state index is -0.981. The van der Waals surface area contributed by atoms with Crippen molar-refractivity contribution in [3.05, 3.63) is 64.6 Å². The summed E-state index contributed by atoms with van der Waals surface area (Å²) in [6.07, 6.45) is 1.46. The van der Waals surface area contributed by atoms with Gasteiger partial charge in [-0.15, -0.1) is 0 Å². The molecule has 0 spiro atoms. The second-order valence-electron chi connectivity index (χ2n) is 6.26. The number of nitrogens with two attached hydrogens (primary N) is 1. The molecule has 0 saturated carbocycles. The number of hydrogen-bond acceptors (Lipinski definition) is 6. The highest BCUT2D eigenvalue weighted by Gasteiger charge is 2.36. The van der Waals surface area contributed by atoms with Crippen LogP contribution in [0.25, 0.3) is 6.08 Å². The number of benzene rings is 2. The predicted octanol–water partition coefficient (Wildman–Crippen LogP) is 2.50. The van der Waals surface area contributed by atoms with Gasteiger partial charge in [-0.3, -0.25) is 24.1 Å². The average Bonchev–Trinajstić information content (AvgIpc) is 2.97. The first-order valence-electron chi connectivity index (χ1n) is 8.74. The molecule has 8 nitrogen and oxygen atoms in total. The monoisotopic (exact) mass is 447 g/mol. The number of thioether (sulfide) groups is 1. The van der Waals surface area contributed by atoms with Gasteiger partial charge in [0, 0.05) is 6.07 Å². The lowest BCUT2D eigenvalue weighted by atomic mass is 10.2. The van der Waals surface area contributed by atoms with Crippen LogP contribution in [0.15, 0.2) is 47.4 Å². The summed E-state index contributed by atoms with van der Waals surface area (Å²) in [5, 5.41) is 1.53. The maximum absolute atomic E-state index is 13.7. The minimum Gasteiger partial charge on any atom is -0.484 e. The molecular weight excluding hydrogens is 432 g/mol. The Kier molecular flexibility index (Phi) is 6.65. The van der Waals surface area contributed by atoms with E-state index < -0.39 is 41.1 Å². The number of ether oxygens (including phenoxy) is 1. The summed E-state index contributed by atoms with van der Waals surface area (Å²) < 4.78 is 31.7. The van der Waals surface area contributed by atoms with Crippen molar-refractivity contribution in [2.45, 2.75) is 0 Å². The van der Waals surface area contributed by atoms with E-state index in [4.69, 9.17) is 10.5 Å². The van der Waals surface area contributed by atoms with Crippen molar-refractivity contribution in [2.75, 3.05) is 18.5 Å². The number of carbonyl (C=O) groups is 4. The predicted molar refractivity (Wildman–Crippen MR) is 109 cm³/mol. The number of nitrogens with zero attached hydrogens (tertiary/aromatic N) is 1. The van der Waals surface area contributed by atoms with Crippen LogP contribution in [-0.4, -0.2) is 41.0 Å². The number of imide groups is 1. The van der Waals surface area contributed by atoms with Gasteiger partial charge in [-0.1, -0.05) is 12.1 Å². The Morgan fingerprint density at radius 1 is 1.13 bits per heavy atom. The molecule has 1 aliphatic heterocycles. The number of anilines is 1. The van der Waals surface area contributed by atoms with Gasteiger partial charge in [0.1, 0.15) is 23.9 Å². The molecule has 0 aliphatic carbocycles. The highest BCUT2D eigenvalue weighted by molar-refractivity contribution is 8.18. The lowest BCUT2D eigenvalue weighted by Crippen LogP contribution is -2.36. The van der Waals surface area contributed by atoms with Crippen LogP contribution < -0.4 is 15.8 Å². The smallest absolute Gasteiger partial charge is 0.294 e. The molecule has 2 aromatic carbocycles. The fourth-order valence-electron chi connectivity index (χ4n) is 2.53. The van der Waals surface area contributed by atoms with Gasteiger partial charge in [-0.25, -0.2) is 8.78 Å². The fraction of sp³-hybridized carbons (Fsp3) is 0.100. The Balaban J connectivity index is 1.64. The van der Waals surface area contributed by atoms with E-state index in [0.29, 0.717) is 29.1 Å². The van der Waals surface area contributed by atoms with E-state index in [9.17, 15) is 28.0 Å². The molecule has 0 unspecified atom stereocenters. The van der Waals surface area contributed by atoms with Crippen LogP contribution in [0.3, 0.4) is 0 Å². The van der Waals surface area contributed by atoms with Gasteiger partial charge in [0.25, 0.3) is 17.1 Å². The Morgan fingerprint density at radius 3 is 2.48 bits per heavy atom. The summed E-state index contributed by atoms with van der Waals surface area (Å²) >= 11 is 0.651. The van der Waals surface area contributed by atoms with E-state index in [1.165, 1.54) is 6.08 Å². The molecule has 0 bridgehead atoms. The van der Waals surface area contributed by atoms with Crippen LogP contribution in [-0.2, 0) is 14.4 Å². The van der Waals surface area contributed by atoms with E-state index in [0.717, 1.165) is 17.0 Å². The molecule has 160 valence electrons. The van der Waals surface area contributed by atoms with Gasteiger partial charge < -0.3 is 15.8 Å². The van der Waals surface area contributed by atoms with E-state index in [1.807, 2.05) is 0 Å². The topological polar surface area (TPSA) is 119 Å². The quantitative estimate of drug-likeness (QED) is 0.630. The number of halogens is 2. The molecule has 1 aliphatic rings. The summed E-state index contributed by atoms with van der Waals surface area (Å²) in [6.45, 7) is -0.902. The van der Waals surface area contributed by atoms with Crippen molar-refractivity contribution in [2.24, 2.45) is 5.73 Å². The highest BCUT2D eigenvalue weighted by Crippen LogP contribution is 2.32. The van der Waals surface area contributed by atoms with Crippen LogP contribution in [0.1, 0.15) is 5.56 Å². The van der Waals surface area contributed by atoms with Crippen LogP contribution in [0.5, 0.6) is 5.75 Å². The van der Waals surface area contributed by atoms with Crippen LogP contribution in [0.4, 0.5) is 19.3 Å². The lowest BCUT2D eigenvalue weighted by molar-refractivity contribution is -0.127. The first-order valence-corrected chi connectivity index (χ1v) is 9.56. The summed E-state index contributed by atoms with van der Waals surface area (Å²) in [5.74, 6) is -3.51. The second kappa shape index (κ2) is 9.39. The number of amides is 4. The average molecular weight is 447 g/mol. The maximum atomic E-state index is 13.7. The highest BCUT2D eigenvalue weighted by atomic mass is 32.2. The normalized spacial score (nSPS) is 14.8. The number of nitrogens with one attached hydrogen (secondary N) is 1. The van der Waals surface area contributed by atoms with E-state index in [1.54, 1.807) is 24.3 Å². The third kappa shape index (κ3) is 5.66. The Bertz CT molecular complexity index is 1090. The molecule has 1 saturated heterocycles. The van der Waals surface area contributed by atoms with Gasteiger partial charge >= 0.3 is 0 Å². The van der Waals surface area contributed by atoms with Crippen LogP contribution >= 0.6 is 11.8 Å². The molecule has 1 fully saturated rings. The summed E-state index contributed by atoms with van der Waals surface area (Å²) in [7, 11) is 0. The van der Waals surface area contributed by atoms with Crippen molar-refractivity contribution in [3.63, 3.8) is 0 Å². The first-order chi connectivity index (χ1) is 14.7. The Hall–Kier alpha value is -3.73. The maximum Gasteiger partial charge on any atom is 0.294 e. The van der Waals surface area contributed by atoms with Gasteiger partial charge in [0.15, 0.2) is 6.61 Å². The Morgan fingerprint density at radius 2 is 1.84 bits per heavy atom. The van der Waals surface area contributed by atoms with Crippen LogP contribution in [0.2, 0.25) is 0 Å². The molecule has 0 radical (unpaired) electrons. The summed E-state index contributed by atoms with van der Waals surface area (Å²) in [6, 6.07) is 8.93. The molecule has 4 amide bonds. The number of rotatable bonds is 7. The molecule has 0 aromatic heterocycles. The zero-order chi connectivity index (χ0) is 22.5. The van der Waals surface area contributed by atoms with E-state index >= 15 is 0 Å². The molecule has 1 heterocycles. The lowest BCUT2D eigenvalue weighted by Gasteiger charge is -2.12. The third-order valence-corrected chi connectivity index (χ3v) is 4.85. The van der Waals surface area contributed by atoms with Gasteiger partial charge in [-0.05, 0) is 47.7 Å². The molecule has 2 aromatic rings. The van der Waals surface area contributed by atoms with Crippen LogP contribution in [0, 0.1) is 11.6 Å². The summed E-state index contributed by atoms with van der Waals surface area (Å²) in [4.78, 5) is 48.3. The fourth-order valence-corrected chi connectivity index (χ4v) is 3.36. The minimum absolute atomic E-state index is 0.0940. The van der Waals surface area contributed by atoms with Crippen molar-refractivity contribution in [1.29, 1.82) is 0 Å². The zero-order valence-corrected chi connectivity index (χ0v) is 16.6. The molecule has 3 N–H and O–H groups in total. The van der Waals surface area contributed by atoms with Gasteiger partial charge in [0.2, 0.25) is 5.91 Å². The zero-order valence-electron chi connectivity index (χ0n) is 15.8. The second-order valence-corrected chi connectivity index (χ2v) is 7.26. The van der Waals surface area contributed by atoms with Gasteiger partial charge in [-0.2, -0.15) is 0 Å². The largest absolute Gasteiger partial charge is 0.484 e. The number of carbonyl (C=O) groups excluding carboxylic acids is 4. The molecule has 11 heteroatoms. The van der Waals surface area contributed by atoms with Gasteiger partial charge in [0.05, 0.1) is 10.6 Å².